The van der Waals surface area contributed by atoms with Gasteiger partial charge in [-0.05, 0) is 67.2 Å². The van der Waals surface area contributed by atoms with Crippen molar-refractivity contribution in [3.63, 3.8) is 0 Å². The largest absolute Gasteiger partial charge is 0.507 e. The number of carbonyl (C=O) groups is 1. The van der Waals surface area contributed by atoms with Gasteiger partial charge >= 0.3 is 13.2 Å². The molecule has 27 heavy (non-hydrogen) atoms. The summed E-state index contributed by atoms with van der Waals surface area (Å²) in [6.45, 7) is 12.0. The van der Waals surface area contributed by atoms with Crippen LogP contribution in [0.2, 0.25) is 0 Å². The summed E-state index contributed by atoms with van der Waals surface area (Å²) >= 11 is 1.69. The number of hydrogen-bond donors (Lipinski definition) is 1. The molecule has 1 N–H and O–H groups in total. The highest BCUT2D eigenvalue weighted by Crippen LogP contribution is 2.38. The Kier molecular flexibility index (Phi) is 5.89. The zero-order valence-corrected chi connectivity index (χ0v) is 18.0. The van der Waals surface area contributed by atoms with Crippen LogP contribution in [0.4, 0.5) is 4.79 Å². The van der Waals surface area contributed by atoms with Gasteiger partial charge in [0.2, 0.25) is 0 Å². The summed E-state index contributed by atoms with van der Waals surface area (Å²) in [7, 11) is -0.343. The molecule has 0 spiro atoms. The van der Waals surface area contributed by atoms with Gasteiger partial charge in [0, 0.05) is 18.2 Å². The molecule has 1 aliphatic carbocycles. The van der Waals surface area contributed by atoms with Crippen LogP contribution in [0.15, 0.2) is 6.20 Å². The number of nitrogens with one attached hydrogen (secondary N) is 1. The number of aromatic nitrogens is 1. The molecule has 6 nitrogen and oxygen atoms in total. The van der Waals surface area contributed by atoms with Crippen molar-refractivity contribution in [3.8, 4) is 0 Å². The third kappa shape index (κ3) is 4.66. The van der Waals surface area contributed by atoms with Crippen LogP contribution in [0.1, 0.15) is 78.2 Å². The predicted molar refractivity (Wildman–Crippen MR) is 108 cm³/mol. The van der Waals surface area contributed by atoms with E-state index in [0.717, 1.165) is 35.5 Å². The van der Waals surface area contributed by atoms with E-state index in [1.54, 1.807) is 11.3 Å². The predicted octanol–water partition coefficient (Wildman–Crippen LogP) is 3.60. The van der Waals surface area contributed by atoms with E-state index in [-0.39, 0.29) is 36.6 Å². The molecule has 1 aromatic rings. The van der Waals surface area contributed by atoms with Crippen molar-refractivity contribution in [1.29, 1.82) is 0 Å². The van der Waals surface area contributed by atoms with Crippen molar-refractivity contribution in [2.45, 2.75) is 96.5 Å². The molecule has 2 fully saturated rings. The Balaban J connectivity index is 1.54. The van der Waals surface area contributed by atoms with Crippen LogP contribution in [0.5, 0.6) is 0 Å². The fourth-order valence-corrected chi connectivity index (χ4v) is 4.50. The van der Waals surface area contributed by atoms with E-state index < -0.39 is 0 Å². The maximum Gasteiger partial charge on any atom is 0.507 e. The Labute approximate surface area is 166 Å². The van der Waals surface area contributed by atoms with E-state index in [1.165, 1.54) is 0 Å². The molecule has 8 heteroatoms. The first-order valence-corrected chi connectivity index (χ1v) is 10.7. The maximum atomic E-state index is 11.8. The number of carbonyl (C=O) groups excluding carboxylic acids is 1. The van der Waals surface area contributed by atoms with Crippen molar-refractivity contribution < 1.29 is 18.8 Å². The third-order valence-electron chi connectivity index (χ3n) is 5.77. The van der Waals surface area contributed by atoms with Crippen molar-refractivity contribution in [2.24, 2.45) is 0 Å². The molecular weight excluding hydrogens is 363 g/mol. The summed E-state index contributed by atoms with van der Waals surface area (Å²) in [4.78, 5) is 16.4. The fraction of sp³-hybridized carbons (Fsp3) is 0.789. The summed E-state index contributed by atoms with van der Waals surface area (Å²) in [5.41, 5.74) is -0.674. The van der Waals surface area contributed by atoms with E-state index in [2.05, 4.69) is 38.0 Å². The quantitative estimate of drug-likeness (QED) is 0.791. The van der Waals surface area contributed by atoms with Crippen molar-refractivity contribution in [3.05, 3.63) is 11.2 Å². The van der Waals surface area contributed by atoms with Crippen molar-refractivity contribution >= 4 is 29.3 Å². The van der Waals surface area contributed by atoms with Crippen LogP contribution < -0.4 is 10.1 Å². The molecule has 0 bridgehead atoms. The summed E-state index contributed by atoms with van der Waals surface area (Å²) in [6, 6.07) is 0.190. The molecular formula is C19H31BN2O4S. The SMILES string of the molecule is CC(C)OC(=O)NC1CCC(c2ncc(B3OC(C)(C)C(C)(C)O3)s2)CC1. The second kappa shape index (κ2) is 7.72. The van der Waals surface area contributed by atoms with Crippen LogP contribution in [0, 0.1) is 0 Å². The molecule has 2 heterocycles. The number of alkyl carbamates (subject to hydrolysis) is 1. The van der Waals surface area contributed by atoms with E-state index >= 15 is 0 Å². The molecule has 3 rings (SSSR count). The van der Waals surface area contributed by atoms with Crippen LogP contribution in [0.3, 0.4) is 0 Å². The lowest BCUT2D eigenvalue weighted by molar-refractivity contribution is 0.00578. The van der Waals surface area contributed by atoms with E-state index in [1.807, 2.05) is 20.0 Å². The van der Waals surface area contributed by atoms with E-state index in [0.29, 0.717) is 5.92 Å². The second-order valence-corrected chi connectivity index (χ2v) is 9.93. The smallest absolute Gasteiger partial charge is 0.447 e. The van der Waals surface area contributed by atoms with Crippen LogP contribution in [0.25, 0.3) is 0 Å². The average molecular weight is 394 g/mol. The highest BCUT2D eigenvalue weighted by molar-refractivity contribution is 7.22. The Bertz CT molecular complexity index is 652. The van der Waals surface area contributed by atoms with Gasteiger partial charge in [-0.2, -0.15) is 0 Å². The molecule has 1 aliphatic heterocycles. The lowest BCUT2D eigenvalue weighted by Crippen LogP contribution is -2.41. The van der Waals surface area contributed by atoms with Gasteiger partial charge in [0.1, 0.15) is 0 Å². The Morgan fingerprint density at radius 3 is 2.37 bits per heavy atom. The van der Waals surface area contributed by atoms with Crippen LogP contribution in [-0.2, 0) is 14.0 Å². The van der Waals surface area contributed by atoms with Gasteiger partial charge in [0.05, 0.1) is 27.1 Å². The topological polar surface area (TPSA) is 69.7 Å². The summed E-state index contributed by atoms with van der Waals surface area (Å²) < 4.78 is 18.5. The second-order valence-electron chi connectivity index (χ2n) is 8.84. The van der Waals surface area contributed by atoms with Crippen LogP contribution in [-0.4, -0.2) is 41.5 Å². The van der Waals surface area contributed by atoms with E-state index in [9.17, 15) is 4.79 Å². The minimum absolute atomic E-state index is 0.0925. The molecule has 0 aromatic carbocycles. The summed E-state index contributed by atoms with van der Waals surface area (Å²) in [5.74, 6) is 0.436. The standard InChI is InChI=1S/C19H31BN2O4S/c1-12(2)24-17(23)22-14-9-7-13(8-10-14)16-21-11-15(27-16)20-25-18(3,4)19(5,6)26-20/h11-14H,7-10H2,1-6H3,(H,22,23). The van der Waals surface area contributed by atoms with Gasteiger partial charge in [0.25, 0.3) is 0 Å². The van der Waals surface area contributed by atoms with Gasteiger partial charge in [-0.3, -0.25) is 0 Å². The molecule has 0 unspecified atom stereocenters. The number of ether oxygens (including phenoxy) is 1. The number of thiazole rings is 1. The molecule has 1 aromatic heterocycles. The first-order chi connectivity index (χ1) is 12.6. The normalized spacial score (nSPS) is 27.0. The molecule has 1 saturated heterocycles. The van der Waals surface area contributed by atoms with Gasteiger partial charge in [-0.25, -0.2) is 9.78 Å². The van der Waals surface area contributed by atoms with Gasteiger partial charge in [0.15, 0.2) is 0 Å². The molecule has 0 radical (unpaired) electrons. The maximum absolute atomic E-state index is 11.8. The number of nitrogens with zero attached hydrogens (tertiary/aromatic N) is 1. The molecule has 150 valence electrons. The van der Waals surface area contributed by atoms with Gasteiger partial charge < -0.3 is 19.4 Å². The van der Waals surface area contributed by atoms with Crippen molar-refractivity contribution in [1.82, 2.24) is 10.3 Å². The first kappa shape index (κ1) is 20.6. The zero-order valence-electron chi connectivity index (χ0n) is 17.2. The van der Waals surface area contributed by atoms with Crippen LogP contribution >= 0.6 is 11.3 Å². The lowest BCUT2D eigenvalue weighted by Gasteiger charge is -2.32. The van der Waals surface area contributed by atoms with Gasteiger partial charge in [-0.15, -0.1) is 11.3 Å². The minimum Gasteiger partial charge on any atom is -0.447 e. The van der Waals surface area contributed by atoms with Gasteiger partial charge in [-0.1, -0.05) is 0 Å². The molecule has 2 aliphatic rings. The number of hydrogen-bond acceptors (Lipinski definition) is 6. The zero-order chi connectivity index (χ0) is 19.8. The third-order valence-corrected chi connectivity index (χ3v) is 6.95. The van der Waals surface area contributed by atoms with E-state index in [4.69, 9.17) is 14.0 Å². The fourth-order valence-electron chi connectivity index (χ4n) is 3.46. The minimum atomic E-state index is -0.343. The first-order valence-electron chi connectivity index (χ1n) is 9.86. The molecule has 1 amide bonds. The number of rotatable bonds is 4. The summed E-state index contributed by atoms with van der Waals surface area (Å²) in [6.07, 6.45) is 5.42. The Hall–Kier alpha value is -1.12. The monoisotopic (exact) mass is 394 g/mol. The van der Waals surface area contributed by atoms with Crippen molar-refractivity contribution in [2.75, 3.05) is 0 Å². The molecule has 0 atom stereocenters. The number of amides is 1. The highest BCUT2D eigenvalue weighted by atomic mass is 32.1. The highest BCUT2D eigenvalue weighted by Gasteiger charge is 2.52. The average Bonchev–Trinajstić information content (AvgIpc) is 3.10. The molecule has 1 saturated carbocycles. The lowest BCUT2D eigenvalue weighted by atomic mass is 9.86. The Morgan fingerprint density at radius 1 is 1.22 bits per heavy atom. The summed E-state index contributed by atoms with van der Waals surface area (Å²) in [5, 5.41) is 4.11. The Morgan fingerprint density at radius 2 is 1.81 bits per heavy atom.